The molecule has 1 aromatic carbocycles. The maximum atomic E-state index is 12.4. The molecule has 0 spiro atoms. The van der Waals surface area contributed by atoms with E-state index in [-0.39, 0.29) is 5.91 Å². The van der Waals surface area contributed by atoms with Crippen molar-refractivity contribution in [3.63, 3.8) is 0 Å². The Morgan fingerprint density at radius 1 is 1.27 bits per heavy atom. The van der Waals surface area contributed by atoms with Gasteiger partial charge in [0.05, 0.1) is 30.4 Å². The molecule has 3 heterocycles. The number of nitrogens with one attached hydrogen (secondary N) is 1. The van der Waals surface area contributed by atoms with Crippen LogP contribution in [-0.2, 0) is 11.8 Å². The standard InChI is InChI=1S/C22H26N4O3S/c1-25-19(7-8-23-25)18-16-17(24-22(27)21-4-2-15-30-21)5-6-20(18)29-12-3-9-26-10-13-28-14-11-26/h2,4-8,15-16H,3,9-14H2,1H3,(H,24,27). The molecule has 1 aliphatic heterocycles. The number of carbonyl (C=O) groups excluding carboxylic acids is 1. The zero-order valence-corrected chi connectivity index (χ0v) is 17.9. The fourth-order valence-electron chi connectivity index (χ4n) is 3.47. The largest absolute Gasteiger partial charge is 0.493 e. The monoisotopic (exact) mass is 426 g/mol. The van der Waals surface area contributed by atoms with Crippen molar-refractivity contribution >= 4 is 22.9 Å². The van der Waals surface area contributed by atoms with Gasteiger partial charge < -0.3 is 14.8 Å². The van der Waals surface area contributed by atoms with Gasteiger partial charge in [-0.1, -0.05) is 6.07 Å². The number of morpholine rings is 1. The number of anilines is 1. The Hall–Kier alpha value is -2.68. The van der Waals surface area contributed by atoms with Gasteiger partial charge in [-0.25, -0.2) is 0 Å². The van der Waals surface area contributed by atoms with Crippen molar-refractivity contribution in [2.45, 2.75) is 6.42 Å². The van der Waals surface area contributed by atoms with Gasteiger partial charge in [0.2, 0.25) is 0 Å². The molecular weight excluding hydrogens is 400 g/mol. The molecule has 4 rings (SSSR count). The van der Waals surface area contributed by atoms with E-state index >= 15 is 0 Å². The lowest BCUT2D eigenvalue weighted by atomic mass is 10.1. The Kier molecular flexibility index (Phi) is 6.78. The topological polar surface area (TPSA) is 68.6 Å². The Morgan fingerprint density at radius 2 is 2.13 bits per heavy atom. The molecule has 3 aromatic rings. The van der Waals surface area contributed by atoms with Crippen molar-refractivity contribution < 1.29 is 14.3 Å². The van der Waals surface area contributed by atoms with Crippen LogP contribution in [0.5, 0.6) is 5.75 Å². The number of benzene rings is 1. The van der Waals surface area contributed by atoms with Gasteiger partial charge in [-0.2, -0.15) is 5.10 Å². The van der Waals surface area contributed by atoms with Gasteiger partial charge in [0.25, 0.3) is 5.91 Å². The minimum Gasteiger partial charge on any atom is -0.493 e. The molecule has 1 N–H and O–H groups in total. The van der Waals surface area contributed by atoms with Crippen LogP contribution >= 0.6 is 11.3 Å². The quantitative estimate of drug-likeness (QED) is 0.559. The molecule has 1 saturated heterocycles. The molecule has 30 heavy (non-hydrogen) atoms. The number of nitrogens with zero attached hydrogens (tertiary/aromatic N) is 3. The second kappa shape index (κ2) is 9.88. The van der Waals surface area contributed by atoms with Gasteiger partial charge in [0.1, 0.15) is 5.75 Å². The lowest BCUT2D eigenvalue weighted by Crippen LogP contribution is -2.37. The molecule has 0 saturated carbocycles. The van der Waals surface area contributed by atoms with Crippen LogP contribution in [0, 0.1) is 0 Å². The molecule has 0 unspecified atom stereocenters. The van der Waals surface area contributed by atoms with E-state index in [4.69, 9.17) is 9.47 Å². The highest BCUT2D eigenvalue weighted by Gasteiger charge is 2.14. The summed E-state index contributed by atoms with van der Waals surface area (Å²) in [6.45, 7) is 5.22. The Morgan fingerprint density at radius 3 is 2.87 bits per heavy atom. The average Bonchev–Trinajstić information content (AvgIpc) is 3.45. The number of aryl methyl sites for hydroxylation is 1. The second-order valence-electron chi connectivity index (χ2n) is 7.14. The average molecular weight is 427 g/mol. The maximum absolute atomic E-state index is 12.4. The first-order chi connectivity index (χ1) is 14.7. The fraction of sp³-hybridized carbons (Fsp3) is 0.364. The molecule has 1 aliphatic rings. The predicted molar refractivity (Wildman–Crippen MR) is 118 cm³/mol. The molecule has 0 aliphatic carbocycles. The third-order valence-electron chi connectivity index (χ3n) is 5.06. The third kappa shape index (κ3) is 5.08. The molecule has 7 nitrogen and oxygen atoms in total. The van der Waals surface area contributed by atoms with E-state index in [1.165, 1.54) is 11.3 Å². The number of hydrogen-bond acceptors (Lipinski definition) is 6. The Labute approximate surface area is 180 Å². The summed E-state index contributed by atoms with van der Waals surface area (Å²) < 4.78 is 13.3. The zero-order valence-electron chi connectivity index (χ0n) is 17.0. The van der Waals surface area contributed by atoms with Gasteiger partial charge in [-0.3, -0.25) is 14.4 Å². The van der Waals surface area contributed by atoms with E-state index in [1.807, 2.05) is 48.8 Å². The molecule has 1 amide bonds. The van der Waals surface area contributed by atoms with E-state index in [0.29, 0.717) is 11.5 Å². The minimum absolute atomic E-state index is 0.111. The summed E-state index contributed by atoms with van der Waals surface area (Å²) in [5, 5.41) is 9.14. The van der Waals surface area contributed by atoms with Crippen LogP contribution in [0.3, 0.4) is 0 Å². The molecule has 0 bridgehead atoms. The van der Waals surface area contributed by atoms with Crippen LogP contribution in [0.2, 0.25) is 0 Å². The highest BCUT2D eigenvalue weighted by atomic mass is 32.1. The fourth-order valence-corrected chi connectivity index (χ4v) is 4.09. The zero-order chi connectivity index (χ0) is 20.8. The summed E-state index contributed by atoms with van der Waals surface area (Å²) in [7, 11) is 1.90. The van der Waals surface area contributed by atoms with E-state index in [9.17, 15) is 4.79 Å². The lowest BCUT2D eigenvalue weighted by Gasteiger charge is -2.26. The highest BCUT2D eigenvalue weighted by molar-refractivity contribution is 7.12. The van der Waals surface area contributed by atoms with Crippen molar-refractivity contribution in [3.05, 3.63) is 52.9 Å². The van der Waals surface area contributed by atoms with Crippen LogP contribution in [0.15, 0.2) is 48.0 Å². The summed E-state index contributed by atoms with van der Waals surface area (Å²) in [6.07, 6.45) is 2.70. The first-order valence-corrected chi connectivity index (χ1v) is 11.0. The third-order valence-corrected chi connectivity index (χ3v) is 5.93. The van der Waals surface area contributed by atoms with Gasteiger partial charge >= 0.3 is 0 Å². The second-order valence-corrected chi connectivity index (χ2v) is 8.09. The Bertz CT molecular complexity index is 965. The van der Waals surface area contributed by atoms with Crippen molar-refractivity contribution in [1.29, 1.82) is 0 Å². The van der Waals surface area contributed by atoms with Gasteiger partial charge in [-0.05, 0) is 42.1 Å². The molecule has 0 radical (unpaired) electrons. The summed E-state index contributed by atoms with van der Waals surface area (Å²) in [4.78, 5) is 15.5. The number of rotatable bonds is 8. The number of hydrogen-bond donors (Lipinski definition) is 1. The van der Waals surface area contributed by atoms with Crippen LogP contribution in [0.25, 0.3) is 11.3 Å². The molecule has 158 valence electrons. The molecule has 0 atom stereocenters. The summed E-state index contributed by atoms with van der Waals surface area (Å²) >= 11 is 1.42. The van der Waals surface area contributed by atoms with Crippen LogP contribution in [-0.4, -0.2) is 60.0 Å². The van der Waals surface area contributed by atoms with Gasteiger partial charge in [0.15, 0.2) is 0 Å². The van der Waals surface area contributed by atoms with Gasteiger partial charge in [0, 0.05) is 44.1 Å². The number of carbonyl (C=O) groups is 1. The van der Waals surface area contributed by atoms with Crippen LogP contribution in [0.4, 0.5) is 5.69 Å². The molecule has 8 heteroatoms. The highest BCUT2D eigenvalue weighted by Crippen LogP contribution is 2.33. The van der Waals surface area contributed by atoms with Crippen LogP contribution in [0.1, 0.15) is 16.1 Å². The first kappa shape index (κ1) is 20.6. The van der Waals surface area contributed by atoms with Crippen molar-refractivity contribution in [2.24, 2.45) is 7.05 Å². The maximum Gasteiger partial charge on any atom is 0.265 e. The minimum atomic E-state index is -0.111. The van der Waals surface area contributed by atoms with E-state index in [0.717, 1.165) is 62.0 Å². The number of thiophene rings is 1. The lowest BCUT2D eigenvalue weighted by molar-refractivity contribution is 0.0358. The van der Waals surface area contributed by atoms with Gasteiger partial charge in [-0.15, -0.1) is 11.3 Å². The number of amides is 1. The predicted octanol–water partition coefficient (Wildman–Crippen LogP) is 3.50. The summed E-state index contributed by atoms with van der Waals surface area (Å²) in [6, 6.07) is 11.4. The summed E-state index contributed by atoms with van der Waals surface area (Å²) in [5.41, 5.74) is 2.57. The van der Waals surface area contributed by atoms with E-state index in [2.05, 4.69) is 15.3 Å². The molecule has 1 fully saturated rings. The summed E-state index contributed by atoms with van der Waals surface area (Å²) in [5.74, 6) is 0.676. The van der Waals surface area contributed by atoms with Crippen molar-refractivity contribution in [3.8, 4) is 17.0 Å². The SMILES string of the molecule is Cn1nccc1-c1cc(NC(=O)c2cccs2)ccc1OCCCN1CCOCC1. The Balaban J connectivity index is 1.45. The smallest absolute Gasteiger partial charge is 0.265 e. The van der Waals surface area contributed by atoms with Crippen LogP contribution < -0.4 is 10.1 Å². The van der Waals surface area contributed by atoms with Crippen molar-refractivity contribution in [1.82, 2.24) is 14.7 Å². The number of aromatic nitrogens is 2. The number of ether oxygens (including phenoxy) is 2. The molecule has 2 aromatic heterocycles. The first-order valence-electron chi connectivity index (χ1n) is 10.1. The van der Waals surface area contributed by atoms with Crippen molar-refractivity contribution in [2.75, 3.05) is 44.8 Å². The van der Waals surface area contributed by atoms with E-state index < -0.39 is 0 Å². The molecular formula is C22H26N4O3S. The normalized spacial score (nSPS) is 14.6. The van der Waals surface area contributed by atoms with E-state index in [1.54, 1.807) is 10.9 Å².